The molecule has 0 aromatic heterocycles. The van der Waals surface area contributed by atoms with Crippen molar-refractivity contribution in [1.82, 2.24) is 10.6 Å². The first-order valence-electron chi connectivity index (χ1n) is 6.71. The summed E-state index contributed by atoms with van der Waals surface area (Å²) < 4.78 is 10.7. The van der Waals surface area contributed by atoms with Crippen LogP contribution < -0.4 is 10.6 Å². The van der Waals surface area contributed by atoms with Gasteiger partial charge < -0.3 is 20.1 Å². The summed E-state index contributed by atoms with van der Waals surface area (Å²) in [5.41, 5.74) is 0. The Kier molecular flexibility index (Phi) is 11.0. The first-order valence-corrected chi connectivity index (χ1v) is 6.71. The van der Waals surface area contributed by atoms with E-state index in [-0.39, 0.29) is 14.9 Å². The number of carbonyl (C=O) groups excluding carboxylic acids is 1. The Labute approximate surface area is 114 Å². The molecular formula is C13H32N2O3. The number of nitrogens with one attached hydrogen (secondary N) is 2. The molecule has 0 aliphatic carbocycles. The Morgan fingerprint density at radius 1 is 1.11 bits per heavy atom. The van der Waals surface area contributed by atoms with Crippen LogP contribution >= 0.6 is 0 Å². The first kappa shape index (κ1) is 17.4. The molecule has 18 heavy (non-hydrogen) atoms. The molecule has 0 heterocycles. The fraction of sp³-hybridized carbons (Fsp3) is 0.923. The fourth-order valence-corrected chi connectivity index (χ4v) is 1.26. The standard InChI is InChI=1S/C13H28N2O3.2H2/c1-11(2)14-6-9-17-8-5-13(16)15-7-10-18-12(3)4;;/h11-12,14H,5-10H2,1-4H3,(H,15,16);2*1H. The fourth-order valence-electron chi connectivity index (χ4n) is 1.26. The average molecular weight is 264 g/mol. The molecule has 0 aromatic rings. The molecule has 0 saturated heterocycles. The molecule has 2 N–H and O–H groups in total. The molecule has 0 fully saturated rings. The van der Waals surface area contributed by atoms with Gasteiger partial charge in [-0.05, 0) is 13.8 Å². The number of ether oxygens (including phenoxy) is 2. The van der Waals surface area contributed by atoms with Gasteiger partial charge in [0, 0.05) is 28.4 Å². The topological polar surface area (TPSA) is 59.6 Å². The quantitative estimate of drug-likeness (QED) is 0.554. The van der Waals surface area contributed by atoms with Gasteiger partial charge in [0.05, 0.1) is 25.9 Å². The normalized spacial score (nSPS) is 11.2. The minimum atomic E-state index is 0. The Bertz CT molecular complexity index is 218. The van der Waals surface area contributed by atoms with Crippen LogP contribution in [0.3, 0.4) is 0 Å². The molecule has 1 amide bonds. The van der Waals surface area contributed by atoms with E-state index in [9.17, 15) is 4.79 Å². The molecule has 112 valence electrons. The zero-order chi connectivity index (χ0) is 13.8. The van der Waals surface area contributed by atoms with Crippen LogP contribution in [0.4, 0.5) is 0 Å². The Hall–Kier alpha value is -0.650. The van der Waals surface area contributed by atoms with Gasteiger partial charge in [-0.25, -0.2) is 0 Å². The molecule has 0 aliphatic rings. The second-order valence-electron chi connectivity index (χ2n) is 4.74. The van der Waals surface area contributed by atoms with Crippen LogP contribution in [-0.4, -0.2) is 51.0 Å². The zero-order valence-corrected chi connectivity index (χ0v) is 12.1. The van der Waals surface area contributed by atoms with Crippen molar-refractivity contribution in [2.75, 3.05) is 32.9 Å². The van der Waals surface area contributed by atoms with E-state index in [0.717, 1.165) is 6.54 Å². The van der Waals surface area contributed by atoms with Gasteiger partial charge in [0.25, 0.3) is 0 Å². The van der Waals surface area contributed by atoms with Gasteiger partial charge in [-0.2, -0.15) is 0 Å². The van der Waals surface area contributed by atoms with Gasteiger partial charge in [0.1, 0.15) is 0 Å². The van der Waals surface area contributed by atoms with Gasteiger partial charge in [-0.1, -0.05) is 13.8 Å². The van der Waals surface area contributed by atoms with Crippen molar-refractivity contribution in [3.63, 3.8) is 0 Å². The highest BCUT2D eigenvalue weighted by Gasteiger charge is 2.01. The van der Waals surface area contributed by atoms with Crippen molar-refractivity contribution < 1.29 is 17.1 Å². The largest absolute Gasteiger partial charge is 0.380 e. The van der Waals surface area contributed by atoms with Crippen molar-refractivity contribution in [2.45, 2.75) is 46.3 Å². The van der Waals surface area contributed by atoms with Gasteiger partial charge in [-0.3, -0.25) is 4.79 Å². The second kappa shape index (κ2) is 11.4. The maximum absolute atomic E-state index is 11.4. The van der Waals surface area contributed by atoms with E-state index in [2.05, 4.69) is 24.5 Å². The van der Waals surface area contributed by atoms with Crippen LogP contribution in [0.2, 0.25) is 0 Å². The molecule has 0 bridgehead atoms. The summed E-state index contributed by atoms with van der Waals surface area (Å²) in [7, 11) is 0. The van der Waals surface area contributed by atoms with Gasteiger partial charge in [0.2, 0.25) is 5.91 Å². The summed E-state index contributed by atoms with van der Waals surface area (Å²) in [4.78, 5) is 11.4. The summed E-state index contributed by atoms with van der Waals surface area (Å²) >= 11 is 0. The summed E-state index contributed by atoms with van der Waals surface area (Å²) in [6, 6.07) is 0.470. The summed E-state index contributed by atoms with van der Waals surface area (Å²) in [5.74, 6) is 0.0131. The SMILES string of the molecule is CC(C)NCCOCCC(=O)NCCOC(C)C.[HH].[HH]. The molecule has 0 spiro atoms. The highest BCUT2D eigenvalue weighted by atomic mass is 16.5. The van der Waals surface area contributed by atoms with Crippen molar-refractivity contribution in [3.8, 4) is 0 Å². The van der Waals surface area contributed by atoms with Gasteiger partial charge in [0.15, 0.2) is 0 Å². The zero-order valence-electron chi connectivity index (χ0n) is 12.1. The lowest BCUT2D eigenvalue weighted by atomic mass is 10.4. The maximum Gasteiger partial charge on any atom is 0.222 e. The van der Waals surface area contributed by atoms with Gasteiger partial charge >= 0.3 is 0 Å². The van der Waals surface area contributed by atoms with Crippen LogP contribution in [0.5, 0.6) is 0 Å². The molecule has 0 aromatic carbocycles. The lowest BCUT2D eigenvalue weighted by molar-refractivity contribution is -0.122. The number of hydrogen-bond donors (Lipinski definition) is 2. The van der Waals surface area contributed by atoms with E-state index < -0.39 is 0 Å². The molecule has 0 atom stereocenters. The van der Waals surface area contributed by atoms with Crippen LogP contribution in [0.15, 0.2) is 0 Å². The number of hydrogen-bond acceptors (Lipinski definition) is 4. The molecule has 0 radical (unpaired) electrons. The lowest BCUT2D eigenvalue weighted by Gasteiger charge is -2.10. The third-order valence-electron chi connectivity index (χ3n) is 2.15. The molecule has 0 aliphatic heterocycles. The summed E-state index contributed by atoms with van der Waals surface area (Å²) in [6.07, 6.45) is 0.613. The van der Waals surface area contributed by atoms with Gasteiger partial charge in [-0.15, -0.1) is 0 Å². The highest BCUT2D eigenvalue weighted by Crippen LogP contribution is 1.87. The van der Waals surface area contributed by atoms with Crippen molar-refractivity contribution in [2.24, 2.45) is 0 Å². The van der Waals surface area contributed by atoms with E-state index in [1.54, 1.807) is 0 Å². The van der Waals surface area contributed by atoms with Crippen LogP contribution in [0, 0.1) is 0 Å². The van der Waals surface area contributed by atoms with Crippen molar-refractivity contribution in [3.05, 3.63) is 0 Å². The Balaban J connectivity index is -0.00000144. The summed E-state index contributed by atoms with van der Waals surface area (Å²) in [6.45, 7) is 11.2. The molecule has 0 rings (SSSR count). The third-order valence-corrected chi connectivity index (χ3v) is 2.15. The van der Waals surface area contributed by atoms with Crippen molar-refractivity contribution in [1.29, 1.82) is 0 Å². The molecular weight excluding hydrogens is 232 g/mol. The average Bonchev–Trinajstić information content (AvgIpc) is 2.28. The minimum absolute atomic E-state index is 0. The monoisotopic (exact) mass is 264 g/mol. The lowest BCUT2D eigenvalue weighted by Crippen LogP contribution is -2.29. The predicted octanol–water partition coefficient (Wildman–Crippen LogP) is 1.42. The van der Waals surface area contributed by atoms with E-state index in [0.29, 0.717) is 38.8 Å². The molecule has 0 saturated carbocycles. The van der Waals surface area contributed by atoms with Crippen molar-refractivity contribution >= 4 is 5.91 Å². The molecule has 0 unspecified atom stereocenters. The van der Waals surface area contributed by atoms with Crippen LogP contribution in [-0.2, 0) is 14.3 Å². The van der Waals surface area contributed by atoms with Crippen LogP contribution in [0.25, 0.3) is 0 Å². The summed E-state index contributed by atoms with van der Waals surface area (Å²) in [5, 5.41) is 6.03. The minimum Gasteiger partial charge on any atom is -0.380 e. The maximum atomic E-state index is 11.4. The van der Waals surface area contributed by atoms with Crippen LogP contribution in [0.1, 0.15) is 37.0 Å². The Morgan fingerprint density at radius 3 is 2.44 bits per heavy atom. The highest BCUT2D eigenvalue weighted by molar-refractivity contribution is 5.75. The van der Waals surface area contributed by atoms with E-state index in [1.807, 2.05) is 13.8 Å². The second-order valence-corrected chi connectivity index (χ2v) is 4.74. The molecule has 5 heteroatoms. The number of amides is 1. The van der Waals surface area contributed by atoms with E-state index >= 15 is 0 Å². The smallest absolute Gasteiger partial charge is 0.222 e. The predicted molar refractivity (Wildman–Crippen MR) is 76.9 cm³/mol. The van der Waals surface area contributed by atoms with E-state index in [1.165, 1.54) is 0 Å². The van der Waals surface area contributed by atoms with E-state index in [4.69, 9.17) is 9.47 Å². The Morgan fingerprint density at radius 2 is 1.83 bits per heavy atom. The first-order chi connectivity index (χ1) is 8.52. The third kappa shape index (κ3) is 13.4. The molecule has 5 nitrogen and oxygen atoms in total. The number of carbonyl (C=O) groups is 1. The number of rotatable bonds is 11.